The largest absolute Gasteiger partial charge is 0.264 e. The summed E-state index contributed by atoms with van der Waals surface area (Å²) >= 11 is 11.4. The first-order chi connectivity index (χ1) is 5.13. The molecule has 4 heteroatoms. The lowest BCUT2D eigenvalue weighted by Crippen LogP contribution is -2.06. The van der Waals surface area contributed by atoms with E-state index in [1.165, 1.54) is 0 Å². The first kappa shape index (κ1) is 8.88. The summed E-state index contributed by atoms with van der Waals surface area (Å²) in [6.07, 6.45) is 1.70. The summed E-state index contributed by atoms with van der Waals surface area (Å²) in [4.78, 5) is -0.486. The molecule has 0 aliphatic carbocycles. The van der Waals surface area contributed by atoms with E-state index in [9.17, 15) is 0 Å². The van der Waals surface area contributed by atoms with Crippen LogP contribution in [-0.2, 0) is 0 Å². The van der Waals surface area contributed by atoms with Crippen molar-refractivity contribution in [2.24, 2.45) is 0 Å². The molecule has 11 heavy (non-hydrogen) atoms. The Bertz CT molecular complexity index is 208. The minimum Gasteiger partial charge on any atom is -0.264 e. The van der Waals surface area contributed by atoms with Gasteiger partial charge in [0.1, 0.15) is 4.84 Å². The van der Waals surface area contributed by atoms with E-state index in [0.717, 1.165) is 5.69 Å². The predicted molar refractivity (Wildman–Crippen MR) is 47.1 cm³/mol. The van der Waals surface area contributed by atoms with Gasteiger partial charge in [0.15, 0.2) is 0 Å². The maximum absolute atomic E-state index is 5.70. The summed E-state index contributed by atoms with van der Waals surface area (Å²) in [5.74, 6) is 0. The monoisotopic (exact) mass is 192 g/mol. The third-order valence-electron chi connectivity index (χ3n) is 1.41. The van der Waals surface area contributed by atoms with Crippen molar-refractivity contribution in [2.45, 2.75) is 24.7 Å². The fraction of sp³-hybridized carbons (Fsp3) is 0.571. The van der Waals surface area contributed by atoms with E-state index in [4.69, 9.17) is 23.2 Å². The summed E-state index contributed by atoms with van der Waals surface area (Å²) in [6, 6.07) is 2.13. The SMILES string of the molecule is CC(C)n1nccc1C(Cl)Cl. The normalized spacial score (nSPS) is 11.5. The van der Waals surface area contributed by atoms with E-state index in [0.29, 0.717) is 6.04 Å². The van der Waals surface area contributed by atoms with Gasteiger partial charge in [-0.1, -0.05) is 23.2 Å². The summed E-state index contributed by atoms with van der Waals surface area (Å²) in [7, 11) is 0. The molecule has 0 aliphatic rings. The average Bonchev–Trinajstić information content (AvgIpc) is 2.32. The van der Waals surface area contributed by atoms with Crippen molar-refractivity contribution in [3.63, 3.8) is 0 Å². The molecular weight excluding hydrogens is 183 g/mol. The van der Waals surface area contributed by atoms with E-state index in [1.54, 1.807) is 6.20 Å². The molecule has 0 bridgehead atoms. The number of rotatable bonds is 2. The van der Waals surface area contributed by atoms with Crippen molar-refractivity contribution in [3.05, 3.63) is 18.0 Å². The van der Waals surface area contributed by atoms with Crippen LogP contribution >= 0.6 is 23.2 Å². The Labute approximate surface area is 76.1 Å². The van der Waals surface area contributed by atoms with Gasteiger partial charge in [0, 0.05) is 12.2 Å². The van der Waals surface area contributed by atoms with Crippen molar-refractivity contribution in [1.29, 1.82) is 0 Å². The Hall–Kier alpha value is -0.210. The maximum Gasteiger partial charge on any atom is 0.149 e. The van der Waals surface area contributed by atoms with Crippen LogP contribution in [-0.4, -0.2) is 9.78 Å². The van der Waals surface area contributed by atoms with Crippen LogP contribution < -0.4 is 0 Å². The highest BCUT2D eigenvalue weighted by Crippen LogP contribution is 2.25. The first-order valence-corrected chi connectivity index (χ1v) is 4.31. The Morgan fingerprint density at radius 3 is 2.45 bits per heavy atom. The van der Waals surface area contributed by atoms with Gasteiger partial charge < -0.3 is 0 Å². The van der Waals surface area contributed by atoms with Crippen LogP contribution in [0.2, 0.25) is 0 Å². The second-order valence-electron chi connectivity index (χ2n) is 2.60. The van der Waals surface area contributed by atoms with Crippen LogP contribution in [0.25, 0.3) is 0 Å². The van der Waals surface area contributed by atoms with Crippen molar-refractivity contribution >= 4 is 23.2 Å². The van der Waals surface area contributed by atoms with Crippen LogP contribution in [0.15, 0.2) is 12.3 Å². The predicted octanol–water partition coefficient (Wildman–Crippen LogP) is 2.94. The average molecular weight is 193 g/mol. The number of alkyl halides is 2. The van der Waals surface area contributed by atoms with Gasteiger partial charge in [-0.05, 0) is 19.9 Å². The lowest BCUT2D eigenvalue weighted by Gasteiger charge is -2.10. The zero-order valence-electron chi connectivity index (χ0n) is 6.46. The van der Waals surface area contributed by atoms with Gasteiger partial charge >= 0.3 is 0 Å². The van der Waals surface area contributed by atoms with Crippen molar-refractivity contribution in [2.75, 3.05) is 0 Å². The summed E-state index contributed by atoms with van der Waals surface area (Å²) in [6.45, 7) is 4.07. The van der Waals surface area contributed by atoms with Crippen molar-refractivity contribution in [1.82, 2.24) is 9.78 Å². The van der Waals surface area contributed by atoms with Gasteiger partial charge in [0.2, 0.25) is 0 Å². The number of hydrogen-bond acceptors (Lipinski definition) is 1. The molecule has 0 aliphatic heterocycles. The number of nitrogens with zero attached hydrogens (tertiary/aromatic N) is 2. The molecule has 62 valence electrons. The van der Waals surface area contributed by atoms with Crippen LogP contribution in [0.3, 0.4) is 0 Å². The molecule has 0 saturated carbocycles. The molecule has 1 aromatic heterocycles. The second-order valence-corrected chi connectivity index (χ2v) is 3.69. The lowest BCUT2D eigenvalue weighted by molar-refractivity contribution is 0.516. The maximum atomic E-state index is 5.70. The Morgan fingerprint density at radius 1 is 1.45 bits per heavy atom. The Kier molecular flexibility index (Phi) is 2.79. The van der Waals surface area contributed by atoms with Gasteiger partial charge in [-0.2, -0.15) is 5.10 Å². The van der Waals surface area contributed by atoms with Gasteiger partial charge in [-0.25, -0.2) is 0 Å². The van der Waals surface area contributed by atoms with E-state index in [-0.39, 0.29) is 0 Å². The molecule has 0 aromatic carbocycles. The molecule has 1 heterocycles. The summed E-state index contributed by atoms with van der Waals surface area (Å²) in [5.41, 5.74) is 0.850. The van der Waals surface area contributed by atoms with Crippen LogP contribution in [0.4, 0.5) is 0 Å². The molecule has 0 saturated heterocycles. The molecule has 0 radical (unpaired) electrons. The minimum atomic E-state index is -0.486. The fourth-order valence-electron chi connectivity index (χ4n) is 0.929. The van der Waals surface area contributed by atoms with Gasteiger partial charge in [-0.15, -0.1) is 0 Å². The van der Waals surface area contributed by atoms with E-state index in [1.807, 2.05) is 24.6 Å². The van der Waals surface area contributed by atoms with Crippen LogP contribution in [0.5, 0.6) is 0 Å². The quantitative estimate of drug-likeness (QED) is 0.660. The van der Waals surface area contributed by atoms with Crippen LogP contribution in [0, 0.1) is 0 Å². The minimum absolute atomic E-state index is 0.306. The first-order valence-electron chi connectivity index (χ1n) is 3.44. The second kappa shape index (κ2) is 3.46. The summed E-state index contributed by atoms with van der Waals surface area (Å²) < 4.78 is 1.81. The molecule has 2 nitrogen and oxygen atoms in total. The Morgan fingerprint density at radius 2 is 2.09 bits per heavy atom. The zero-order chi connectivity index (χ0) is 8.43. The third kappa shape index (κ3) is 1.88. The zero-order valence-corrected chi connectivity index (χ0v) is 7.97. The van der Waals surface area contributed by atoms with Crippen LogP contribution in [0.1, 0.15) is 30.4 Å². The van der Waals surface area contributed by atoms with Gasteiger partial charge in [-0.3, -0.25) is 4.68 Å². The lowest BCUT2D eigenvalue weighted by atomic mass is 10.4. The topological polar surface area (TPSA) is 17.8 Å². The summed E-state index contributed by atoms with van der Waals surface area (Å²) in [5, 5.41) is 4.08. The van der Waals surface area contributed by atoms with Crippen molar-refractivity contribution < 1.29 is 0 Å². The van der Waals surface area contributed by atoms with Gasteiger partial charge in [0.05, 0.1) is 5.69 Å². The van der Waals surface area contributed by atoms with Gasteiger partial charge in [0.25, 0.3) is 0 Å². The van der Waals surface area contributed by atoms with E-state index >= 15 is 0 Å². The number of hydrogen-bond donors (Lipinski definition) is 0. The molecule has 0 N–H and O–H groups in total. The Balaban J connectivity index is 2.96. The fourth-order valence-corrected chi connectivity index (χ4v) is 1.27. The molecule has 0 fully saturated rings. The molecule has 0 spiro atoms. The molecule has 0 unspecified atom stereocenters. The van der Waals surface area contributed by atoms with E-state index in [2.05, 4.69) is 5.10 Å². The number of aromatic nitrogens is 2. The molecule has 0 atom stereocenters. The standard InChI is InChI=1S/C7H10Cl2N2/c1-5(2)11-6(7(8)9)3-4-10-11/h3-5,7H,1-2H3. The highest BCUT2D eigenvalue weighted by molar-refractivity contribution is 6.43. The molecule has 0 amide bonds. The highest BCUT2D eigenvalue weighted by Gasteiger charge is 2.11. The highest BCUT2D eigenvalue weighted by atomic mass is 35.5. The smallest absolute Gasteiger partial charge is 0.149 e. The van der Waals surface area contributed by atoms with E-state index < -0.39 is 4.84 Å². The van der Waals surface area contributed by atoms with Crippen molar-refractivity contribution in [3.8, 4) is 0 Å². The number of halogens is 2. The molecule has 1 rings (SSSR count). The third-order valence-corrected chi connectivity index (χ3v) is 1.86. The molecular formula is C7H10Cl2N2. The molecule has 1 aromatic rings.